The summed E-state index contributed by atoms with van der Waals surface area (Å²) in [4.78, 5) is 29.9. The molecule has 8 nitrogen and oxygen atoms in total. The third-order valence-corrected chi connectivity index (χ3v) is 4.87. The number of aromatic amines is 1. The fourth-order valence-electron chi connectivity index (χ4n) is 3.50. The highest BCUT2D eigenvalue weighted by Crippen LogP contribution is 2.32. The summed E-state index contributed by atoms with van der Waals surface area (Å²) >= 11 is 0. The summed E-state index contributed by atoms with van der Waals surface area (Å²) < 4.78 is 33.0. The Kier molecular flexibility index (Phi) is 6.40. The van der Waals surface area contributed by atoms with Crippen LogP contribution in [0.25, 0.3) is 21.9 Å². The normalized spacial score (nSPS) is 15.3. The van der Waals surface area contributed by atoms with Crippen LogP contribution in [0.15, 0.2) is 18.5 Å². The lowest BCUT2D eigenvalue weighted by Crippen LogP contribution is -2.37. The number of carboxylic acids is 1. The summed E-state index contributed by atoms with van der Waals surface area (Å²) in [5, 5.41) is 13.1. The number of pyridine rings is 1. The van der Waals surface area contributed by atoms with Crippen molar-refractivity contribution in [3.05, 3.63) is 24.3 Å². The zero-order valence-corrected chi connectivity index (χ0v) is 16.6. The van der Waals surface area contributed by atoms with Crippen molar-refractivity contribution in [2.24, 2.45) is 5.92 Å². The molecule has 1 aliphatic rings. The summed E-state index contributed by atoms with van der Waals surface area (Å²) in [6, 6.07) is 1.95. The quantitative estimate of drug-likeness (QED) is 0.593. The smallest absolute Gasteiger partial charge is 0.401 e. The van der Waals surface area contributed by atoms with E-state index >= 15 is 0 Å². The van der Waals surface area contributed by atoms with E-state index in [0.717, 1.165) is 27.9 Å². The van der Waals surface area contributed by atoms with Crippen molar-refractivity contribution in [1.82, 2.24) is 25.3 Å². The molecule has 0 aromatic carbocycles. The number of hydrogen-bond acceptors (Lipinski definition) is 6. The number of aryl methyl sites for hydroxylation is 1. The van der Waals surface area contributed by atoms with Crippen molar-refractivity contribution in [1.29, 1.82) is 0 Å². The molecule has 0 radical (unpaired) electrons. The number of piperidine rings is 1. The van der Waals surface area contributed by atoms with E-state index in [4.69, 9.17) is 10.1 Å². The van der Waals surface area contributed by atoms with Crippen LogP contribution in [-0.4, -0.2) is 63.9 Å². The molecule has 30 heavy (non-hydrogen) atoms. The van der Waals surface area contributed by atoms with Crippen LogP contribution in [0.2, 0.25) is 0 Å². The van der Waals surface area contributed by atoms with Crippen LogP contribution < -0.4 is 10.2 Å². The van der Waals surface area contributed by atoms with Gasteiger partial charge < -0.3 is 20.3 Å². The molecular formula is C19H23F3N6O2. The van der Waals surface area contributed by atoms with Crippen molar-refractivity contribution in [2.75, 3.05) is 31.6 Å². The molecule has 0 spiro atoms. The minimum absolute atomic E-state index is 0.254. The zero-order valence-electron chi connectivity index (χ0n) is 16.6. The van der Waals surface area contributed by atoms with Gasteiger partial charge in [-0.15, -0.1) is 0 Å². The highest BCUT2D eigenvalue weighted by molar-refractivity contribution is 6.09. The Balaban J connectivity index is 0.000000318. The molecule has 3 aromatic heterocycles. The first kappa shape index (κ1) is 21.8. The Bertz CT molecular complexity index is 1030. The van der Waals surface area contributed by atoms with Crippen molar-refractivity contribution in [2.45, 2.75) is 25.9 Å². The fourth-order valence-corrected chi connectivity index (χ4v) is 3.50. The number of alkyl halides is 3. The number of anilines is 1. The van der Waals surface area contributed by atoms with Crippen LogP contribution >= 0.6 is 0 Å². The fraction of sp³-hybridized carbons (Fsp3) is 0.474. The molecule has 11 heteroatoms. The number of nitrogens with zero attached hydrogens (tertiary/aromatic N) is 4. The lowest BCUT2D eigenvalue weighted by atomic mass is 9.97. The van der Waals surface area contributed by atoms with Crippen LogP contribution in [0.4, 0.5) is 19.0 Å². The summed E-state index contributed by atoms with van der Waals surface area (Å²) in [5.74, 6) is 0.747. The van der Waals surface area contributed by atoms with Gasteiger partial charge in [0.1, 0.15) is 11.6 Å². The zero-order chi connectivity index (χ0) is 21.9. The van der Waals surface area contributed by atoms with Gasteiger partial charge in [-0.05, 0) is 32.9 Å². The Labute approximate surface area is 170 Å². The van der Waals surface area contributed by atoms with Crippen LogP contribution in [0, 0.1) is 12.8 Å². The van der Waals surface area contributed by atoms with Gasteiger partial charge in [-0.2, -0.15) is 13.2 Å². The van der Waals surface area contributed by atoms with Gasteiger partial charge in [0.25, 0.3) is 0 Å². The van der Waals surface area contributed by atoms with E-state index in [1.807, 2.05) is 18.3 Å². The maximum absolute atomic E-state index is 11.1. The number of rotatable bonds is 3. The molecule has 0 bridgehead atoms. The van der Waals surface area contributed by atoms with Gasteiger partial charge in [0.05, 0.1) is 29.6 Å². The van der Waals surface area contributed by atoms with E-state index < -0.39 is 18.7 Å². The van der Waals surface area contributed by atoms with Gasteiger partial charge in [0.15, 0.2) is 5.65 Å². The molecule has 0 unspecified atom stereocenters. The minimum atomic E-state index is -4.06. The number of nitrogens with one attached hydrogen (secondary N) is 2. The minimum Gasteiger partial charge on any atom is -0.481 e. The number of halogens is 3. The van der Waals surface area contributed by atoms with Crippen LogP contribution in [0.5, 0.6) is 0 Å². The second kappa shape index (κ2) is 8.82. The predicted molar refractivity (Wildman–Crippen MR) is 106 cm³/mol. The largest absolute Gasteiger partial charge is 0.481 e. The van der Waals surface area contributed by atoms with Gasteiger partial charge in [0.2, 0.25) is 0 Å². The van der Waals surface area contributed by atoms with E-state index in [0.29, 0.717) is 31.6 Å². The Hall–Kier alpha value is -2.95. The first-order valence-electron chi connectivity index (χ1n) is 9.48. The lowest BCUT2D eigenvalue weighted by Gasteiger charge is -2.32. The molecule has 0 atom stereocenters. The Morgan fingerprint density at radius 2 is 2.03 bits per heavy atom. The number of carbonyl (C=O) groups is 1. The van der Waals surface area contributed by atoms with Crippen molar-refractivity contribution in [3.8, 4) is 0 Å². The second-order valence-electron chi connectivity index (χ2n) is 7.12. The Morgan fingerprint density at radius 1 is 1.33 bits per heavy atom. The molecule has 1 saturated heterocycles. The van der Waals surface area contributed by atoms with E-state index in [2.05, 4.69) is 19.9 Å². The highest BCUT2D eigenvalue weighted by Gasteiger charge is 2.27. The summed E-state index contributed by atoms with van der Waals surface area (Å²) in [5.41, 5.74) is 1.63. The number of fused-ring (bicyclic) bond motifs is 3. The molecule has 1 aliphatic heterocycles. The first-order valence-corrected chi connectivity index (χ1v) is 9.48. The Morgan fingerprint density at radius 3 is 2.60 bits per heavy atom. The van der Waals surface area contributed by atoms with Gasteiger partial charge in [0, 0.05) is 24.7 Å². The van der Waals surface area contributed by atoms with Gasteiger partial charge in [-0.25, -0.2) is 15.0 Å². The summed E-state index contributed by atoms with van der Waals surface area (Å²) in [7, 11) is 1.26. The van der Waals surface area contributed by atoms with Gasteiger partial charge in [-0.1, -0.05) is 0 Å². The molecule has 0 amide bonds. The number of aromatic nitrogens is 4. The highest BCUT2D eigenvalue weighted by atomic mass is 19.4. The summed E-state index contributed by atoms with van der Waals surface area (Å²) in [6.07, 6.45) is 0.756. The molecule has 1 fully saturated rings. The average Bonchev–Trinajstić information content (AvgIpc) is 3.15. The molecule has 3 aromatic rings. The molecule has 0 aliphatic carbocycles. The van der Waals surface area contributed by atoms with E-state index in [9.17, 15) is 18.0 Å². The molecular weight excluding hydrogens is 401 g/mol. The summed E-state index contributed by atoms with van der Waals surface area (Å²) in [6.45, 7) is 2.40. The van der Waals surface area contributed by atoms with Crippen molar-refractivity contribution in [3.63, 3.8) is 0 Å². The molecule has 4 heterocycles. The van der Waals surface area contributed by atoms with E-state index in [1.54, 1.807) is 12.4 Å². The number of carboxylic acid groups (broad SMARTS) is 1. The van der Waals surface area contributed by atoms with Crippen LogP contribution in [0.1, 0.15) is 18.7 Å². The maximum Gasteiger partial charge on any atom is 0.401 e. The lowest BCUT2D eigenvalue weighted by molar-refractivity contribution is -0.142. The van der Waals surface area contributed by atoms with Crippen LogP contribution in [0.3, 0.4) is 0 Å². The van der Waals surface area contributed by atoms with Crippen molar-refractivity contribution < 1.29 is 23.1 Å². The van der Waals surface area contributed by atoms with Gasteiger partial charge >= 0.3 is 12.1 Å². The van der Waals surface area contributed by atoms with Crippen molar-refractivity contribution >= 4 is 33.7 Å². The molecule has 4 rings (SSSR count). The maximum atomic E-state index is 11.1. The standard InChI is InChI=1S/C16H17N5O2.C3H6F3N/c1-9-19-12-8-18-14-11(2-5-17-14)13(12)15(20-9)21-6-3-10(4-7-21)16(22)23;1-7-2-3(4,5)6/h2,5,8,10H,3-4,6-7H2,1H3,(H,19,20)(H,22,23);7H,2H2,1H3. The third kappa shape index (κ3) is 4.96. The third-order valence-electron chi connectivity index (χ3n) is 4.87. The molecule has 0 saturated carbocycles. The number of hydrogen-bond donors (Lipinski definition) is 3. The number of aliphatic carboxylic acids is 1. The number of H-pyrrole nitrogens is 1. The first-order chi connectivity index (χ1) is 14.2. The predicted octanol–water partition coefficient (Wildman–Crippen LogP) is 2.88. The molecule has 162 valence electrons. The monoisotopic (exact) mass is 424 g/mol. The topological polar surface area (TPSA) is 107 Å². The molecule has 3 N–H and O–H groups in total. The van der Waals surface area contributed by atoms with Crippen LogP contribution in [-0.2, 0) is 4.79 Å². The van der Waals surface area contributed by atoms with Gasteiger partial charge in [-0.3, -0.25) is 4.79 Å². The average molecular weight is 424 g/mol. The van der Waals surface area contributed by atoms with E-state index in [1.165, 1.54) is 7.05 Å². The SMILES string of the molecule is CNCC(F)(F)F.Cc1nc(N2CCC(C(=O)O)CC2)c2c(cnc3nccc32)[nH]1. The second-order valence-corrected chi connectivity index (χ2v) is 7.12. The van der Waals surface area contributed by atoms with E-state index in [-0.39, 0.29) is 5.92 Å².